The molecule has 1 amide bonds. The van der Waals surface area contributed by atoms with Crippen molar-refractivity contribution in [2.24, 2.45) is 0 Å². The maximum Gasteiger partial charge on any atom is 0.255 e. The third-order valence-corrected chi connectivity index (χ3v) is 3.46. The molecular weight excluding hydrogens is 407 g/mol. The van der Waals surface area contributed by atoms with Gasteiger partial charge in [0.2, 0.25) is 0 Å². The number of nitrogens with two attached hydrogens (primary N) is 1. The number of halogens is 2. The highest BCUT2D eigenvalue weighted by molar-refractivity contribution is 14.1. The minimum absolute atomic E-state index is 0.177. The van der Waals surface area contributed by atoms with E-state index in [4.69, 9.17) is 5.73 Å². The van der Waals surface area contributed by atoms with Gasteiger partial charge in [-0.05, 0) is 65.1 Å². The molecule has 0 aromatic heterocycles. The first-order valence-corrected chi connectivity index (χ1v) is 7.05. The number of hydrogen-bond acceptors (Lipinski definition) is 2. The Morgan fingerprint density at radius 3 is 2.44 bits per heavy atom. The molecule has 0 radical (unpaired) electrons. The van der Waals surface area contributed by atoms with Crippen molar-refractivity contribution in [1.82, 2.24) is 0 Å². The first-order valence-electron chi connectivity index (χ1n) is 5.17. The molecule has 0 atom stereocenters. The molecule has 2 rings (SSSR count). The van der Waals surface area contributed by atoms with Gasteiger partial charge in [-0.15, -0.1) is 0 Å². The molecule has 5 heteroatoms. The van der Waals surface area contributed by atoms with Gasteiger partial charge in [-0.25, -0.2) is 0 Å². The molecule has 0 saturated heterocycles. The lowest BCUT2D eigenvalue weighted by molar-refractivity contribution is 0.102. The van der Waals surface area contributed by atoms with Crippen LogP contribution < -0.4 is 11.1 Å². The Hall–Kier alpha value is -1.08. The molecule has 92 valence electrons. The van der Waals surface area contributed by atoms with Crippen LogP contribution in [0, 0.1) is 3.57 Å². The average Bonchev–Trinajstić information content (AvgIpc) is 2.31. The Balaban J connectivity index is 2.19. The number of nitrogen functional groups attached to an aromatic ring is 1. The first-order chi connectivity index (χ1) is 8.54. The van der Waals surface area contributed by atoms with E-state index in [1.807, 2.05) is 24.3 Å². The van der Waals surface area contributed by atoms with Gasteiger partial charge in [0.15, 0.2) is 0 Å². The highest BCUT2D eigenvalue weighted by Gasteiger charge is 2.07. The van der Waals surface area contributed by atoms with E-state index in [1.165, 1.54) is 0 Å². The van der Waals surface area contributed by atoms with E-state index in [-0.39, 0.29) is 5.91 Å². The molecular formula is C13H10BrIN2O. The predicted octanol–water partition coefficient (Wildman–Crippen LogP) is 3.89. The second-order valence-corrected chi connectivity index (χ2v) is 5.90. The van der Waals surface area contributed by atoms with Crippen molar-refractivity contribution in [2.45, 2.75) is 0 Å². The van der Waals surface area contributed by atoms with Crippen LogP contribution in [0.5, 0.6) is 0 Å². The third-order valence-electron chi connectivity index (χ3n) is 2.28. The second-order valence-electron chi connectivity index (χ2n) is 3.73. The lowest BCUT2D eigenvalue weighted by Gasteiger charge is -2.06. The van der Waals surface area contributed by atoms with Gasteiger partial charge in [0, 0.05) is 25.0 Å². The van der Waals surface area contributed by atoms with Crippen LogP contribution in [-0.2, 0) is 0 Å². The molecule has 2 aromatic carbocycles. The highest BCUT2D eigenvalue weighted by Crippen LogP contribution is 2.19. The molecule has 0 aliphatic rings. The molecule has 2 aromatic rings. The summed E-state index contributed by atoms with van der Waals surface area (Å²) in [5.74, 6) is -0.177. The predicted molar refractivity (Wildman–Crippen MR) is 85.7 cm³/mol. The molecule has 0 fully saturated rings. The number of anilines is 2. The summed E-state index contributed by atoms with van der Waals surface area (Å²) >= 11 is 5.53. The van der Waals surface area contributed by atoms with Crippen molar-refractivity contribution in [3.63, 3.8) is 0 Å². The summed E-state index contributed by atoms with van der Waals surface area (Å²) < 4.78 is 1.91. The fraction of sp³-hybridized carbons (Fsp3) is 0. The monoisotopic (exact) mass is 416 g/mol. The van der Waals surface area contributed by atoms with E-state index < -0.39 is 0 Å². The van der Waals surface area contributed by atoms with E-state index in [0.717, 1.165) is 13.7 Å². The quantitative estimate of drug-likeness (QED) is 0.576. The smallest absolute Gasteiger partial charge is 0.255 e. The van der Waals surface area contributed by atoms with Crippen LogP contribution in [0.25, 0.3) is 0 Å². The van der Waals surface area contributed by atoms with Crippen molar-refractivity contribution >= 4 is 55.8 Å². The van der Waals surface area contributed by atoms with E-state index in [1.54, 1.807) is 18.2 Å². The Bertz CT molecular complexity index is 564. The topological polar surface area (TPSA) is 55.1 Å². The van der Waals surface area contributed by atoms with Gasteiger partial charge in [-0.1, -0.05) is 15.9 Å². The van der Waals surface area contributed by atoms with Gasteiger partial charge in [-0.2, -0.15) is 0 Å². The number of benzene rings is 2. The van der Waals surface area contributed by atoms with Crippen molar-refractivity contribution < 1.29 is 4.79 Å². The molecule has 3 nitrogen and oxygen atoms in total. The number of carbonyl (C=O) groups excluding carboxylic acids is 1. The largest absolute Gasteiger partial charge is 0.399 e. The summed E-state index contributed by atoms with van der Waals surface area (Å²) in [4.78, 5) is 12.0. The van der Waals surface area contributed by atoms with Crippen molar-refractivity contribution in [2.75, 3.05) is 11.1 Å². The second kappa shape index (κ2) is 5.71. The molecule has 0 aliphatic heterocycles. The Morgan fingerprint density at radius 1 is 1.17 bits per heavy atom. The van der Waals surface area contributed by atoms with Gasteiger partial charge in [0.1, 0.15) is 0 Å². The minimum Gasteiger partial charge on any atom is -0.399 e. The zero-order chi connectivity index (χ0) is 13.1. The Morgan fingerprint density at radius 2 is 1.83 bits per heavy atom. The summed E-state index contributed by atoms with van der Waals surface area (Å²) in [6.45, 7) is 0. The van der Waals surface area contributed by atoms with Gasteiger partial charge >= 0.3 is 0 Å². The zero-order valence-electron chi connectivity index (χ0n) is 9.28. The molecule has 0 heterocycles. The average molecular weight is 417 g/mol. The molecule has 0 unspecified atom stereocenters. The Kier molecular flexibility index (Phi) is 4.23. The zero-order valence-corrected chi connectivity index (χ0v) is 13.0. The van der Waals surface area contributed by atoms with Crippen molar-refractivity contribution in [3.05, 3.63) is 56.1 Å². The number of carbonyl (C=O) groups is 1. The Labute approximate surface area is 127 Å². The first kappa shape index (κ1) is 13.4. The van der Waals surface area contributed by atoms with E-state index in [9.17, 15) is 4.79 Å². The molecule has 0 spiro atoms. The van der Waals surface area contributed by atoms with Crippen LogP contribution in [-0.4, -0.2) is 5.91 Å². The van der Waals surface area contributed by atoms with Crippen LogP contribution in [0.3, 0.4) is 0 Å². The standard InChI is InChI=1S/C13H10BrIN2O/c14-9-5-8(6-11(16)7-9)13(18)17-12-3-1-10(15)2-4-12/h1-7H,16H2,(H,17,18). The maximum absolute atomic E-state index is 12.0. The van der Waals surface area contributed by atoms with Crippen LogP contribution in [0.4, 0.5) is 11.4 Å². The fourth-order valence-electron chi connectivity index (χ4n) is 1.48. The van der Waals surface area contributed by atoms with Gasteiger partial charge < -0.3 is 11.1 Å². The highest BCUT2D eigenvalue weighted by atomic mass is 127. The van der Waals surface area contributed by atoms with Crippen LogP contribution in [0.1, 0.15) is 10.4 Å². The summed E-state index contributed by atoms with van der Waals surface area (Å²) in [6, 6.07) is 12.7. The van der Waals surface area contributed by atoms with Crippen molar-refractivity contribution in [3.8, 4) is 0 Å². The summed E-state index contributed by atoms with van der Waals surface area (Å²) in [5, 5.41) is 2.82. The van der Waals surface area contributed by atoms with Crippen LogP contribution >= 0.6 is 38.5 Å². The third kappa shape index (κ3) is 3.46. The summed E-state index contributed by atoms with van der Waals surface area (Å²) in [7, 11) is 0. The summed E-state index contributed by atoms with van der Waals surface area (Å²) in [6.07, 6.45) is 0. The van der Waals surface area contributed by atoms with Crippen molar-refractivity contribution in [1.29, 1.82) is 0 Å². The van der Waals surface area contributed by atoms with Crippen LogP contribution in [0.2, 0.25) is 0 Å². The summed E-state index contributed by atoms with van der Waals surface area (Å²) in [5.41, 5.74) is 7.54. The van der Waals surface area contributed by atoms with Gasteiger partial charge in [0.25, 0.3) is 5.91 Å². The van der Waals surface area contributed by atoms with Gasteiger partial charge in [-0.3, -0.25) is 4.79 Å². The SMILES string of the molecule is Nc1cc(Br)cc(C(=O)Nc2ccc(I)cc2)c1. The molecule has 18 heavy (non-hydrogen) atoms. The number of amides is 1. The lowest BCUT2D eigenvalue weighted by Crippen LogP contribution is -2.12. The number of hydrogen-bond donors (Lipinski definition) is 2. The van der Waals surface area contributed by atoms with E-state index >= 15 is 0 Å². The molecule has 0 aliphatic carbocycles. The normalized spacial score (nSPS) is 10.1. The number of nitrogens with one attached hydrogen (secondary N) is 1. The minimum atomic E-state index is -0.177. The maximum atomic E-state index is 12.0. The number of rotatable bonds is 2. The van der Waals surface area contributed by atoms with E-state index in [0.29, 0.717) is 11.3 Å². The van der Waals surface area contributed by atoms with E-state index in [2.05, 4.69) is 43.8 Å². The van der Waals surface area contributed by atoms with Gasteiger partial charge in [0.05, 0.1) is 0 Å². The molecule has 3 N–H and O–H groups in total. The fourth-order valence-corrected chi connectivity index (χ4v) is 2.35. The van der Waals surface area contributed by atoms with Crippen LogP contribution in [0.15, 0.2) is 46.9 Å². The molecule has 0 saturated carbocycles. The molecule has 0 bridgehead atoms. The lowest BCUT2D eigenvalue weighted by atomic mass is 10.2.